The number of amides is 2. The minimum absolute atomic E-state index is 0.0266. The van der Waals surface area contributed by atoms with Gasteiger partial charge in [-0.2, -0.15) is 4.98 Å². The van der Waals surface area contributed by atoms with E-state index in [1.807, 2.05) is 27.8 Å². The second-order valence-corrected chi connectivity index (χ2v) is 14.0. The molecule has 1 saturated carbocycles. The maximum absolute atomic E-state index is 12.9. The number of hydrogen-bond donors (Lipinski definition) is 3. The third-order valence-electron chi connectivity index (χ3n) is 8.33. The average molecular weight is 627 g/mol. The van der Waals surface area contributed by atoms with Crippen LogP contribution in [0.3, 0.4) is 0 Å². The quantitative estimate of drug-likeness (QED) is 0.307. The van der Waals surface area contributed by atoms with Gasteiger partial charge in [-0.25, -0.2) is 22.9 Å². The zero-order valence-corrected chi connectivity index (χ0v) is 26.3. The first kappa shape index (κ1) is 31.5. The Bertz CT molecular complexity index is 1590. The lowest BCUT2D eigenvalue weighted by Gasteiger charge is -2.37. The second kappa shape index (κ2) is 13.0. The zero-order valence-electron chi connectivity index (χ0n) is 25.5. The van der Waals surface area contributed by atoms with Crippen molar-refractivity contribution in [1.29, 1.82) is 0 Å². The van der Waals surface area contributed by atoms with Crippen LogP contribution in [0.1, 0.15) is 52.4 Å². The lowest BCUT2D eigenvalue weighted by molar-refractivity contribution is -0.132. The van der Waals surface area contributed by atoms with Crippen molar-refractivity contribution in [1.82, 2.24) is 24.2 Å². The Morgan fingerprint density at radius 1 is 1.05 bits per heavy atom. The Kier molecular flexibility index (Phi) is 9.30. The zero-order chi connectivity index (χ0) is 31.5. The third kappa shape index (κ3) is 7.97. The van der Waals surface area contributed by atoms with Crippen LogP contribution < -0.4 is 20.7 Å². The van der Waals surface area contributed by atoms with Crippen molar-refractivity contribution in [2.45, 2.75) is 70.1 Å². The number of benzene rings is 1. The number of piperazine rings is 1. The number of carbonyl (C=O) groups excluding carboxylic acids is 2. The fourth-order valence-corrected chi connectivity index (χ4v) is 6.95. The first-order valence-corrected chi connectivity index (χ1v) is 16.9. The maximum atomic E-state index is 12.9. The summed E-state index contributed by atoms with van der Waals surface area (Å²) in [5.41, 5.74) is 6.49. The van der Waals surface area contributed by atoms with Gasteiger partial charge in [0.1, 0.15) is 11.4 Å². The largest absolute Gasteiger partial charge is 0.444 e. The van der Waals surface area contributed by atoms with Crippen molar-refractivity contribution < 1.29 is 22.7 Å². The average Bonchev–Trinajstić information content (AvgIpc) is 3.40. The summed E-state index contributed by atoms with van der Waals surface area (Å²) in [5, 5.41) is 4.54. The van der Waals surface area contributed by atoms with Gasteiger partial charge in [0.2, 0.25) is 21.9 Å². The lowest BCUT2D eigenvalue weighted by atomic mass is 9.92. The van der Waals surface area contributed by atoms with Gasteiger partial charge in [-0.15, -0.1) is 0 Å². The third-order valence-corrected chi connectivity index (χ3v) is 9.09. The Labute approximate surface area is 258 Å². The van der Waals surface area contributed by atoms with E-state index >= 15 is 0 Å². The molecule has 4 N–H and O–H groups in total. The molecule has 2 amide bonds. The highest BCUT2D eigenvalue weighted by Gasteiger charge is 2.27. The molecule has 0 radical (unpaired) electrons. The molecule has 0 bridgehead atoms. The number of fused-ring (bicyclic) bond motifs is 1. The summed E-state index contributed by atoms with van der Waals surface area (Å²) in [6, 6.07) is 10.3. The smallest absolute Gasteiger partial charge is 0.405 e. The summed E-state index contributed by atoms with van der Waals surface area (Å²) in [5.74, 6) is 1.34. The normalized spacial score (nSPS) is 19.6. The molecule has 1 saturated heterocycles. The molecular weight excluding hydrogens is 584 g/mol. The number of sulfonamides is 1. The molecule has 2 aliphatic rings. The van der Waals surface area contributed by atoms with Crippen LogP contribution in [0, 0.1) is 0 Å². The summed E-state index contributed by atoms with van der Waals surface area (Å²) in [4.78, 5) is 37.4. The molecule has 238 valence electrons. The molecule has 44 heavy (non-hydrogen) atoms. The minimum atomic E-state index is -3.21. The predicted molar refractivity (Wildman–Crippen MR) is 169 cm³/mol. The van der Waals surface area contributed by atoms with Gasteiger partial charge in [-0.3, -0.25) is 4.79 Å². The maximum Gasteiger partial charge on any atom is 0.405 e. The number of nitrogens with zero attached hydrogens (tertiary/aromatic N) is 5. The lowest BCUT2D eigenvalue weighted by Crippen LogP contribution is -2.49. The topological polar surface area (TPSA) is 165 Å². The molecule has 3 heterocycles. The number of nitrogens with one attached hydrogen (secondary N) is 2. The first-order valence-electron chi connectivity index (χ1n) is 15.1. The molecule has 2 aromatic heterocycles. The van der Waals surface area contributed by atoms with Crippen LogP contribution in [-0.4, -0.2) is 90.0 Å². The Balaban J connectivity index is 1.21. The molecule has 1 aliphatic heterocycles. The molecule has 1 aromatic carbocycles. The summed E-state index contributed by atoms with van der Waals surface area (Å²) >= 11 is 0. The molecule has 5 rings (SSSR count). The van der Waals surface area contributed by atoms with E-state index in [0.717, 1.165) is 48.1 Å². The van der Waals surface area contributed by atoms with Crippen LogP contribution >= 0.6 is 0 Å². The number of nitrogens with two attached hydrogens (primary N) is 1. The fourth-order valence-electron chi connectivity index (χ4n) is 6.11. The van der Waals surface area contributed by atoms with Gasteiger partial charge in [-0.1, -0.05) is 6.07 Å². The fraction of sp³-hybridized carbons (Fsp3) is 0.533. The second-order valence-electron chi connectivity index (χ2n) is 12.3. The number of aromatic nitrogens is 3. The van der Waals surface area contributed by atoms with Crippen LogP contribution in [0.25, 0.3) is 16.7 Å². The van der Waals surface area contributed by atoms with E-state index in [4.69, 9.17) is 15.5 Å². The van der Waals surface area contributed by atoms with Gasteiger partial charge in [0, 0.05) is 68.2 Å². The predicted octanol–water partition coefficient (Wildman–Crippen LogP) is 3.00. The number of carbonyl (C=O) groups is 2. The molecule has 0 unspecified atom stereocenters. The van der Waals surface area contributed by atoms with Crippen molar-refractivity contribution >= 4 is 44.6 Å². The highest BCUT2D eigenvalue weighted by Crippen LogP contribution is 2.31. The number of hydrogen-bond acceptors (Lipinski definition) is 9. The van der Waals surface area contributed by atoms with E-state index in [0.29, 0.717) is 38.5 Å². The van der Waals surface area contributed by atoms with E-state index < -0.39 is 21.7 Å². The Hall–Kier alpha value is -3.91. The van der Waals surface area contributed by atoms with Gasteiger partial charge in [-0.05, 0) is 70.2 Å². The van der Waals surface area contributed by atoms with E-state index in [1.165, 1.54) is 6.26 Å². The van der Waals surface area contributed by atoms with E-state index in [9.17, 15) is 18.0 Å². The van der Waals surface area contributed by atoms with E-state index in [-0.39, 0.29) is 24.4 Å². The van der Waals surface area contributed by atoms with Crippen LogP contribution in [0.4, 0.5) is 16.4 Å². The molecular formula is C30H42N8O5S. The Morgan fingerprint density at radius 2 is 1.75 bits per heavy atom. The molecule has 1 aliphatic carbocycles. The SMILES string of the molecule is CC(C)(CCC(=O)N1CCN(c2cccc3c2ccn3-c2ccnc(NC3CCC(NS(C)(=O)=O)CC3)n2)CC1)OC(N)=O. The summed E-state index contributed by atoms with van der Waals surface area (Å²) in [6.45, 7) is 6.15. The monoisotopic (exact) mass is 626 g/mol. The van der Waals surface area contributed by atoms with Gasteiger partial charge in [0.05, 0.1) is 11.8 Å². The van der Waals surface area contributed by atoms with Crippen LogP contribution in [0.2, 0.25) is 0 Å². The van der Waals surface area contributed by atoms with Crippen molar-refractivity contribution in [2.75, 3.05) is 42.7 Å². The summed E-state index contributed by atoms with van der Waals surface area (Å²) in [6.07, 6.45) is 8.01. The van der Waals surface area contributed by atoms with Crippen LogP contribution in [0.15, 0.2) is 42.7 Å². The van der Waals surface area contributed by atoms with Crippen LogP contribution in [-0.2, 0) is 19.6 Å². The first-order chi connectivity index (χ1) is 20.9. The standard InChI is InChI=1S/C30H42N8O5S/c1-30(2,43-28(31)40)14-11-27(39)37-19-17-36(18-20-37)24-5-4-6-25-23(24)13-16-38(25)26-12-15-32-29(34-26)33-21-7-9-22(10-8-21)35-44(3,41)42/h4-6,12-13,15-16,21-22,35H,7-11,14,17-20H2,1-3H3,(H2,31,40)(H,32,33,34). The number of rotatable bonds is 10. The van der Waals surface area contributed by atoms with Gasteiger partial charge in [0.15, 0.2) is 0 Å². The van der Waals surface area contributed by atoms with E-state index in [2.05, 4.69) is 38.1 Å². The molecule has 13 nitrogen and oxygen atoms in total. The summed E-state index contributed by atoms with van der Waals surface area (Å²) in [7, 11) is -3.21. The van der Waals surface area contributed by atoms with Crippen molar-refractivity contribution in [3.05, 3.63) is 42.7 Å². The number of anilines is 2. The molecule has 0 spiro atoms. The van der Waals surface area contributed by atoms with Crippen molar-refractivity contribution in [3.8, 4) is 5.82 Å². The van der Waals surface area contributed by atoms with Crippen LogP contribution in [0.5, 0.6) is 0 Å². The van der Waals surface area contributed by atoms with Crippen molar-refractivity contribution in [2.24, 2.45) is 5.73 Å². The Morgan fingerprint density at radius 3 is 2.43 bits per heavy atom. The highest BCUT2D eigenvalue weighted by atomic mass is 32.2. The number of primary amides is 1. The molecule has 14 heteroatoms. The highest BCUT2D eigenvalue weighted by molar-refractivity contribution is 7.88. The minimum Gasteiger partial charge on any atom is -0.444 e. The van der Waals surface area contributed by atoms with Gasteiger partial charge in [0.25, 0.3) is 0 Å². The molecule has 0 atom stereocenters. The summed E-state index contributed by atoms with van der Waals surface area (Å²) < 4.78 is 33.0. The van der Waals surface area contributed by atoms with Gasteiger partial charge >= 0.3 is 6.09 Å². The van der Waals surface area contributed by atoms with Crippen molar-refractivity contribution in [3.63, 3.8) is 0 Å². The number of ether oxygens (including phenoxy) is 1. The molecule has 3 aromatic rings. The van der Waals surface area contributed by atoms with E-state index in [1.54, 1.807) is 20.0 Å². The van der Waals surface area contributed by atoms with Gasteiger partial charge < -0.3 is 30.2 Å². The molecule has 2 fully saturated rings.